The monoisotopic (exact) mass is 563 g/mol. The van der Waals surface area contributed by atoms with E-state index in [9.17, 15) is 13.2 Å². The molecule has 8 nitrogen and oxygen atoms in total. The Hall–Kier alpha value is -3.72. The molecule has 3 aromatic rings. The molecular weight excluding hydrogens is 526 g/mol. The highest BCUT2D eigenvalue weighted by Gasteiger charge is 2.38. The zero-order valence-electron chi connectivity index (χ0n) is 23.5. The Kier molecular flexibility index (Phi) is 7.68. The van der Waals surface area contributed by atoms with Gasteiger partial charge in [-0.25, -0.2) is 8.42 Å². The Morgan fingerprint density at radius 2 is 1.62 bits per heavy atom. The molecule has 212 valence electrons. The molecule has 0 bridgehead atoms. The van der Waals surface area contributed by atoms with Crippen molar-refractivity contribution in [2.24, 2.45) is 0 Å². The number of piperidine rings is 1. The maximum Gasteiger partial charge on any atom is 0.267 e. The van der Waals surface area contributed by atoms with Crippen molar-refractivity contribution in [1.82, 2.24) is 0 Å². The minimum atomic E-state index is -4.01. The Bertz CT molecular complexity index is 1460. The first kappa shape index (κ1) is 27.8. The SMILES string of the molecule is COc1ccc(S(=O)(=O)N2C[C@@H](C(=O)Nc3ccc(N4CCCCC4)cc3)Oc3ccc(C(C)(C)C)cc32)cc1. The number of carbonyl (C=O) groups is 1. The van der Waals surface area contributed by atoms with E-state index in [1.165, 1.54) is 42.8 Å². The van der Waals surface area contributed by atoms with Crippen molar-refractivity contribution in [2.45, 2.75) is 56.4 Å². The first-order chi connectivity index (χ1) is 19.1. The fourth-order valence-corrected chi connectivity index (χ4v) is 6.56. The zero-order chi connectivity index (χ0) is 28.5. The lowest BCUT2D eigenvalue weighted by atomic mass is 9.86. The normalized spacial score (nSPS) is 17.6. The number of hydrogen-bond acceptors (Lipinski definition) is 6. The van der Waals surface area contributed by atoms with Crippen LogP contribution in [-0.2, 0) is 20.2 Å². The summed E-state index contributed by atoms with van der Waals surface area (Å²) in [7, 11) is -2.48. The van der Waals surface area contributed by atoms with Crippen LogP contribution >= 0.6 is 0 Å². The van der Waals surface area contributed by atoms with Crippen LogP contribution in [0.1, 0.15) is 45.6 Å². The molecule has 9 heteroatoms. The lowest BCUT2D eigenvalue weighted by Gasteiger charge is -2.36. The van der Waals surface area contributed by atoms with Crippen molar-refractivity contribution in [3.05, 3.63) is 72.3 Å². The molecule has 0 spiro atoms. The third-order valence-electron chi connectivity index (χ3n) is 7.49. The summed E-state index contributed by atoms with van der Waals surface area (Å²) in [4.78, 5) is 15.9. The highest BCUT2D eigenvalue weighted by atomic mass is 32.2. The van der Waals surface area contributed by atoms with Crippen LogP contribution in [0.15, 0.2) is 71.6 Å². The number of benzene rings is 3. The van der Waals surface area contributed by atoms with Crippen molar-refractivity contribution in [2.75, 3.05) is 41.3 Å². The van der Waals surface area contributed by atoms with E-state index in [1.807, 2.05) is 36.4 Å². The van der Waals surface area contributed by atoms with Gasteiger partial charge in [-0.3, -0.25) is 9.10 Å². The number of fused-ring (bicyclic) bond motifs is 1. The van der Waals surface area contributed by atoms with Crippen LogP contribution in [0.5, 0.6) is 11.5 Å². The topological polar surface area (TPSA) is 88.2 Å². The highest BCUT2D eigenvalue weighted by Crippen LogP contribution is 2.40. The van der Waals surface area contributed by atoms with Crippen LogP contribution in [0.3, 0.4) is 0 Å². The van der Waals surface area contributed by atoms with E-state index in [2.05, 4.69) is 31.0 Å². The van der Waals surface area contributed by atoms with E-state index in [1.54, 1.807) is 18.2 Å². The standard InChI is InChI=1S/C31H37N3O5S/c1-31(2,3)22-8-17-28-27(20-22)34(40(36,37)26-15-13-25(38-4)14-16-26)21-29(39-28)30(35)32-23-9-11-24(12-10-23)33-18-6-5-7-19-33/h8-17,20,29H,5-7,18-19,21H2,1-4H3,(H,32,35)/t29-/m0/s1. The van der Waals surface area contributed by atoms with E-state index < -0.39 is 22.0 Å². The summed E-state index contributed by atoms with van der Waals surface area (Å²) >= 11 is 0. The molecule has 2 aliphatic rings. The molecule has 3 aromatic carbocycles. The molecule has 0 unspecified atom stereocenters. The first-order valence-electron chi connectivity index (χ1n) is 13.7. The van der Waals surface area contributed by atoms with Gasteiger partial charge in [0.15, 0.2) is 6.10 Å². The second-order valence-electron chi connectivity index (χ2n) is 11.3. The summed E-state index contributed by atoms with van der Waals surface area (Å²) in [5, 5.41) is 2.91. The van der Waals surface area contributed by atoms with Crippen LogP contribution < -0.4 is 24.0 Å². The molecular formula is C31H37N3O5S. The fraction of sp³-hybridized carbons (Fsp3) is 0.387. The highest BCUT2D eigenvalue weighted by molar-refractivity contribution is 7.92. The van der Waals surface area contributed by atoms with Crippen LogP contribution in [0, 0.1) is 0 Å². The van der Waals surface area contributed by atoms with E-state index in [-0.39, 0.29) is 16.9 Å². The van der Waals surface area contributed by atoms with E-state index in [0.717, 1.165) is 24.3 Å². The number of anilines is 3. The Morgan fingerprint density at radius 1 is 0.950 bits per heavy atom. The number of ether oxygens (including phenoxy) is 2. The summed E-state index contributed by atoms with van der Waals surface area (Å²) in [6, 6.07) is 19.5. The third-order valence-corrected chi connectivity index (χ3v) is 9.28. The number of nitrogens with zero attached hydrogens (tertiary/aromatic N) is 2. The molecule has 2 aliphatic heterocycles. The zero-order valence-corrected chi connectivity index (χ0v) is 24.3. The molecule has 1 fully saturated rings. The molecule has 0 radical (unpaired) electrons. The minimum absolute atomic E-state index is 0.106. The number of sulfonamides is 1. The Balaban J connectivity index is 1.42. The molecule has 2 heterocycles. The van der Waals surface area contributed by atoms with Crippen LogP contribution in [0.4, 0.5) is 17.1 Å². The Labute approximate surface area is 236 Å². The molecule has 5 rings (SSSR count). The predicted molar refractivity (Wildman–Crippen MR) is 158 cm³/mol. The largest absolute Gasteiger partial charge is 0.497 e. The van der Waals surface area contributed by atoms with E-state index >= 15 is 0 Å². The number of rotatable bonds is 6. The van der Waals surface area contributed by atoms with Crippen molar-refractivity contribution in [3.8, 4) is 11.5 Å². The lowest BCUT2D eigenvalue weighted by molar-refractivity contribution is -0.122. The summed E-state index contributed by atoms with van der Waals surface area (Å²) in [5.41, 5.74) is 2.93. The number of hydrogen-bond donors (Lipinski definition) is 1. The predicted octanol–water partition coefficient (Wildman–Crippen LogP) is 5.58. The van der Waals surface area contributed by atoms with E-state index in [0.29, 0.717) is 22.9 Å². The number of carbonyl (C=O) groups excluding carboxylic acids is 1. The van der Waals surface area contributed by atoms with Gasteiger partial charge >= 0.3 is 0 Å². The molecule has 0 saturated carbocycles. The summed E-state index contributed by atoms with van der Waals surface area (Å²) in [6.07, 6.45) is 2.60. The quantitative estimate of drug-likeness (QED) is 0.422. The molecule has 0 aliphatic carbocycles. The molecule has 1 N–H and O–H groups in total. The summed E-state index contributed by atoms with van der Waals surface area (Å²) in [6.45, 7) is 8.11. The Morgan fingerprint density at radius 3 is 2.25 bits per heavy atom. The molecule has 1 amide bonds. The van der Waals surface area contributed by atoms with Gasteiger partial charge in [-0.05, 0) is 90.9 Å². The fourth-order valence-electron chi connectivity index (χ4n) is 5.09. The van der Waals surface area contributed by atoms with Crippen LogP contribution in [0.25, 0.3) is 0 Å². The third kappa shape index (κ3) is 5.75. The number of nitrogens with one attached hydrogen (secondary N) is 1. The van der Waals surface area contributed by atoms with Gasteiger partial charge in [0.2, 0.25) is 0 Å². The minimum Gasteiger partial charge on any atom is -0.497 e. The second-order valence-corrected chi connectivity index (χ2v) is 13.2. The van der Waals surface area contributed by atoms with Crippen LogP contribution in [0.2, 0.25) is 0 Å². The molecule has 40 heavy (non-hydrogen) atoms. The van der Waals surface area contributed by atoms with Gasteiger partial charge in [-0.15, -0.1) is 0 Å². The van der Waals surface area contributed by atoms with Gasteiger partial charge in [0.1, 0.15) is 11.5 Å². The maximum atomic E-state index is 13.9. The van der Waals surface area contributed by atoms with Gasteiger partial charge in [0, 0.05) is 24.5 Å². The van der Waals surface area contributed by atoms with Gasteiger partial charge in [0.25, 0.3) is 15.9 Å². The summed E-state index contributed by atoms with van der Waals surface area (Å²) in [5.74, 6) is 0.489. The second kappa shape index (κ2) is 11.0. The molecule has 0 aromatic heterocycles. The smallest absolute Gasteiger partial charge is 0.267 e. The van der Waals surface area contributed by atoms with Crippen molar-refractivity contribution >= 4 is 33.0 Å². The van der Waals surface area contributed by atoms with Crippen molar-refractivity contribution in [3.63, 3.8) is 0 Å². The average molecular weight is 564 g/mol. The number of amides is 1. The maximum absolute atomic E-state index is 13.9. The average Bonchev–Trinajstić information content (AvgIpc) is 2.96. The van der Waals surface area contributed by atoms with E-state index in [4.69, 9.17) is 9.47 Å². The van der Waals surface area contributed by atoms with Gasteiger partial charge in [-0.2, -0.15) is 0 Å². The van der Waals surface area contributed by atoms with Crippen molar-refractivity contribution < 1.29 is 22.7 Å². The van der Waals surface area contributed by atoms with Gasteiger partial charge in [-0.1, -0.05) is 26.8 Å². The number of methoxy groups -OCH3 is 1. The van der Waals surface area contributed by atoms with Gasteiger partial charge < -0.3 is 19.7 Å². The van der Waals surface area contributed by atoms with Crippen LogP contribution in [-0.4, -0.2) is 47.2 Å². The van der Waals surface area contributed by atoms with Crippen molar-refractivity contribution in [1.29, 1.82) is 0 Å². The first-order valence-corrected chi connectivity index (χ1v) is 15.1. The summed E-state index contributed by atoms with van der Waals surface area (Å²) < 4.78 is 40.4. The molecule has 1 saturated heterocycles. The lowest BCUT2D eigenvalue weighted by Crippen LogP contribution is -2.49. The molecule has 1 atom stereocenters. The van der Waals surface area contributed by atoms with Gasteiger partial charge in [0.05, 0.1) is 24.2 Å².